The minimum atomic E-state index is 0.00713. The number of ether oxygens (including phenoxy) is 1. The first-order valence-corrected chi connectivity index (χ1v) is 9.68. The van der Waals surface area contributed by atoms with Crippen LogP contribution in [0.4, 0.5) is 0 Å². The van der Waals surface area contributed by atoms with Crippen molar-refractivity contribution in [2.24, 2.45) is 5.10 Å². The summed E-state index contributed by atoms with van der Waals surface area (Å²) < 4.78 is 8.82. The number of benzene rings is 2. The largest absolute Gasteiger partial charge is 0.497 e. The van der Waals surface area contributed by atoms with Crippen LogP contribution in [0.2, 0.25) is 0 Å². The van der Waals surface area contributed by atoms with Gasteiger partial charge in [0.1, 0.15) is 11.4 Å². The summed E-state index contributed by atoms with van der Waals surface area (Å²) in [7, 11) is 1.63. The van der Waals surface area contributed by atoms with Gasteiger partial charge in [-0.15, -0.1) is 11.3 Å². The highest BCUT2D eigenvalue weighted by Gasteiger charge is 2.12. The molecule has 0 saturated heterocycles. The topological polar surface area (TPSA) is 64.6 Å². The zero-order valence-corrected chi connectivity index (χ0v) is 16.5. The van der Waals surface area contributed by atoms with E-state index in [1.165, 1.54) is 16.0 Å². The fourth-order valence-corrected chi connectivity index (χ4v) is 3.52. The van der Waals surface area contributed by atoms with E-state index in [1.807, 2.05) is 60.8 Å². The van der Waals surface area contributed by atoms with E-state index in [9.17, 15) is 5.11 Å². The molecule has 6 nitrogen and oxygen atoms in total. The van der Waals surface area contributed by atoms with Gasteiger partial charge in [-0.25, -0.2) is 4.68 Å². The monoisotopic (exact) mass is 408 g/mol. The Bertz CT molecular complexity index is 1180. The van der Waals surface area contributed by atoms with Crippen molar-refractivity contribution in [1.82, 2.24) is 14.5 Å². The molecule has 0 atom stereocenters. The second-order valence-electron chi connectivity index (χ2n) is 5.86. The molecule has 140 valence electrons. The molecule has 0 aliphatic carbocycles. The van der Waals surface area contributed by atoms with E-state index in [4.69, 9.17) is 22.1 Å². The van der Waals surface area contributed by atoms with Gasteiger partial charge in [-0.05, 0) is 48.6 Å². The fourth-order valence-electron chi connectivity index (χ4n) is 2.69. The fraction of sp³-hybridized carbons (Fsp3) is 0.0500. The quantitative estimate of drug-likeness (QED) is 0.383. The number of thiazole rings is 1. The zero-order valence-electron chi connectivity index (χ0n) is 14.9. The number of hydrogen-bond donors (Lipinski definition) is 1. The SMILES string of the molecule is COc1ccc(-c2nn(-c3ccccc3)cc2/C=N/n2c(O)csc2=S)cc1. The maximum Gasteiger partial charge on any atom is 0.224 e. The van der Waals surface area contributed by atoms with Crippen molar-refractivity contribution in [2.75, 3.05) is 7.11 Å². The van der Waals surface area contributed by atoms with Crippen LogP contribution in [-0.4, -0.2) is 32.9 Å². The highest BCUT2D eigenvalue weighted by molar-refractivity contribution is 7.73. The highest BCUT2D eigenvalue weighted by atomic mass is 32.1. The van der Waals surface area contributed by atoms with Gasteiger partial charge >= 0.3 is 0 Å². The average Bonchev–Trinajstić information content (AvgIpc) is 3.30. The van der Waals surface area contributed by atoms with E-state index >= 15 is 0 Å². The number of aromatic nitrogens is 3. The zero-order chi connectivity index (χ0) is 19.5. The van der Waals surface area contributed by atoms with Gasteiger partial charge in [-0.2, -0.15) is 14.9 Å². The van der Waals surface area contributed by atoms with Crippen LogP contribution in [-0.2, 0) is 0 Å². The summed E-state index contributed by atoms with van der Waals surface area (Å²) in [6, 6.07) is 17.5. The number of nitrogens with zero attached hydrogens (tertiary/aromatic N) is 4. The Morgan fingerprint density at radius 1 is 1.14 bits per heavy atom. The van der Waals surface area contributed by atoms with Crippen LogP contribution in [0.15, 0.2) is 71.3 Å². The van der Waals surface area contributed by atoms with E-state index < -0.39 is 0 Å². The molecule has 0 radical (unpaired) electrons. The lowest BCUT2D eigenvalue weighted by Crippen LogP contribution is -1.94. The summed E-state index contributed by atoms with van der Waals surface area (Å²) >= 11 is 6.45. The molecular weight excluding hydrogens is 392 g/mol. The van der Waals surface area contributed by atoms with Crippen LogP contribution in [0.25, 0.3) is 16.9 Å². The molecule has 0 unspecified atom stereocenters. The summed E-state index contributed by atoms with van der Waals surface area (Å²) in [6.45, 7) is 0. The maximum atomic E-state index is 9.89. The number of aromatic hydroxyl groups is 1. The summed E-state index contributed by atoms with van der Waals surface area (Å²) in [5.41, 5.74) is 3.42. The second-order valence-corrected chi connectivity index (χ2v) is 7.36. The van der Waals surface area contributed by atoms with Crippen molar-refractivity contribution >= 4 is 29.8 Å². The molecule has 8 heteroatoms. The van der Waals surface area contributed by atoms with Crippen LogP contribution in [0.5, 0.6) is 11.6 Å². The van der Waals surface area contributed by atoms with Gasteiger partial charge in [0.2, 0.25) is 5.88 Å². The van der Waals surface area contributed by atoms with Crippen molar-refractivity contribution in [3.05, 3.63) is 75.7 Å². The van der Waals surface area contributed by atoms with Crippen LogP contribution in [0.3, 0.4) is 0 Å². The number of para-hydroxylation sites is 1. The molecule has 4 rings (SSSR count). The molecule has 28 heavy (non-hydrogen) atoms. The lowest BCUT2D eigenvalue weighted by molar-refractivity contribution is 0.415. The molecule has 0 bridgehead atoms. The first-order chi connectivity index (χ1) is 13.7. The number of rotatable bonds is 5. The van der Waals surface area contributed by atoms with Gasteiger partial charge in [-0.3, -0.25) is 0 Å². The molecule has 2 heterocycles. The molecule has 2 aromatic heterocycles. The van der Waals surface area contributed by atoms with Crippen molar-refractivity contribution in [3.8, 4) is 28.6 Å². The maximum absolute atomic E-state index is 9.89. The first-order valence-electron chi connectivity index (χ1n) is 8.39. The summed E-state index contributed by atoms with van der Waals surface area (Å²) in [5.74, 6) is 0.781. The van der Waals surface area contributed by atoms with E-state index in [1.54, 1.807) is 23.4 Å². The van der Waals surface area contributed by atoms with Crippen LogP contribution in [0, 0.1) is 3.95 Å². The van der Waals surface area contributed by atoms with Crippen molar-refractivity contribution < 1.29 is 9.84 Å². The minimum Gasteiger partial charge on any atom is -0.497 e. The molecule has 0 aliphatic heterocycles. The molecule has 0 spiro atoms. The molecule has 0 amide bonds. The third-order valence-corrected chi connectivity index (χ3v) is 5.26. The van der Waals surface area contributed by atoms with E-state index in [2.05, 4.69) is 5.10 Å². The van der Waals surface area contributed by atoms with Crippen LogP contribution >= 0.6 is 23.6 Å². The van der Waals surface area contributed by atoms with E-state index in [0.717, 1.165) is 28.3 Å². The normalized spacial score (nSPS) is 11.2. The predicted octanol–water partition coefficient (Wildman–Crippen LogP) is 4.73. The Hall–Kier alpha value is -3.23. The molecule has 4 aromatic rings. The van der Waals surface area contributed by atoms with Crippen LogP contribution in [0.1, 0.15) is 5.56 Å². The van der Waals surface area contributed by atoms with Crippen molar-refractivity contribution in [1.29, 1.82) is 0 Å². The Labute approximate surface area is 170 Å². The highest BCUT2D eigenvalue weighted by Crippen LogP contribution is 2.25. The third kappa shape index (κ3) is 3.60. The van der Waals surface area contributed by atoms with E-state index in [-0.39, 0.29) is 5.88 Å². The lowest BCUT2D eigenvalue weighted by atomic mass is 10.1. The van der Waals surface area contributed by atoms with Crippen LogP contribution < -0.4 is 4.74 Å². The van der Waals surface area contributed by atoms with Crippen molar-refractivity contribution in [2.45, 2.75) is 0 Å². The van der Waals surface area contributed by atoms with Gasteiger partial charge in [0.25, 0.3) is 0 Å². The predicted molar refractivity (Wildman–Crippen MR) is 113 cm³/mol. The van der Waals surface area contributed by atoms with Gasteiger partial charge in [0, 0.05) is 17.3 Å². The lowest BCUT2D eigenvalue weighted by Gasteiger charge is -2.02. The smallest absolute Gasteiger partial charge is 0.224 e. The average molecular weight is 409 g/mol. The number of hydrogen-bond acceptors (Lipinski definition) is 6. The number of methoxy groups -OCH3 is 1. The van der Waals surface area contributed by atoms with Gasteiger partial charge < -0.3 is 9.84 Å². The Morgan fingerprint density at radius 2 is 1.89 bits per heavy atom. The molecule has 0 aliphatic rings. The second kappa shape index (κ2) is 7.79. The molecular formula is C20H16N4O2S2. The van der Waals surface area contributed by atoms with Crippen molar-refractivity contribution in [3.63, 3.8) is 0 Å². The van der Waals surface area contributed by atoms with E-state index in [0.29, 0.717) is 3.95 Å². The minimum absolute atomic E-state index is 0.00713. The summed E-state index contributed by atoms with van der Waals surface area (Å²) in [5, 5.41) is 20.5. The van der Waals surface area contributed by atoms with Gasteiger partial charge in [-0.1, -0.05) is 18.2 Å². The molecule has 1 N–H and O–H groups in total. The Kier molecular flexibility index (Phi) is 5.05. The van der Waals surface area contributed by atoms with Gasteiger partial charge in [0.15, 0.2) is 3.95 Å². The Morgan fingerprint density at radius 3 is 2.54 bits per heavy atom. The summed E-state index contributed by atoms with van der Waals surface area (Å²) in [6.07, 6.45) is 3.54. The first kappa shape index (κ1) is 18.1. The molecule has 0 fully saturated rings. The standard InChI is InChI=1S/C20H16N4O2S2/c1-26-17-9-7-14(8-10-17)19-15(11-21-24-18(25)13-28-20(24)27)12-23(22-19)16-5-3-2-4-6-16/h2-13,25H,1H3/b21-11+. The molecule has 0 saturated carbocycles. The third-order valence-electron chi connectivity index (χ3n) is 4.09. The Balaban J connectivity index is 1.80. The van der Waals surface area contributed by atoms with Gasteiger partial charge in [0.05, 0.1) is 24.4 Å². The molecule has 2 aromatic carbocycles. The summed E-state index contributed by atoms with van der Waals surface area (Å²) in [4.78, 5) is 0.